The molecule has 0 fully saturated rings. The fourth-order valence-corrected chi connectivity index (χ4v) is 2.95. The van der Waals surface area contributed by atoms with Gasteiger partial charge in [-0.3, -0.25) is 9.59 Å². The van der Waals surface area contributed by atoms with Crippen molar-refractivity contribution in [1.82, 2.24) is 4.98 Å². The van der Waals surface area contributed by atoms with Crippen LogP contribution in [0.3, 0.4) is 0 Å². The average Bonchev–Trinajstić information content (AvgIpc) is 2.98. The molecule has 0 saturated carbocycles. The van der Waals surface area contributed by atoms with Crippen molar-refractivity contribution in [2.24, 2.45) is 0 Å². The Hall–Kier alpha value is -1.92. The van der Waals surface area contributed by atoms with E-state index in [0.717, 1.165) is 5.56 Å². The summed E-state index contributed by atoms with van der Waals surface area (Å²) in [5.41, 5.74) is 1.52. The molecule has 23 heavy (non-hydrogen) atoms. The lowest BCUT2D eigenvalue weighted by molar-refractivity contribution is -0.156. The van der Waals surface area contributed by atoms with Crippen LogP contribution in [0.5, 0.6) is 0 Å². The fraction of sp³-hybridized carbons (Fsp3) is 0.312. The number of carbonyl (C=O) groups excluding carboxylic acids is 2. The molecule has 0 aliphatic rings. The van der Waals surface area contributed by atoms with E-state index in [2.05, 4.69) is 4.98 Å². The van der Waals surface area contributed by atoms with Crippen molar-refractivity contribution in [2.75, 3.05) is 13.2 Å². The highest BCUT2D eigenvalue weighted by Gasteiger charge is 2.34. The van der Waals surface area contributed by atoms with Gasteiger partial charge >= 0.3 is 11.9 Å². The first-order valence-electron chi connectivity index (χ1n) is 7.11. The van der Waals surface area contributed by atoms with Crippen LogP contribution in [0.2, 0.25) is 5.02 Å². The summed E-state index contributed by atoms with van der Waals surface area (Å²) in [7, 11) is 0. The predicted octanol–water partition coefficient (Wildman–Crippen LogP) is 3.67. The summed E-state index contributed by atoms with van der Waals surface area (Å²) in [5.74, 6) is -2.45. The van der Waals surface area contributed by atoms with Crippen LogP contribution >= 0.6 is 22.9 Å². The number of thiazole rings is 1. The van der Waals surface area contributed by atoms with Crippen LogP contribution in [0.15, 0.2) is 29.6 Å². The molecule has 2 aromatic rings. The quantitative estimate of drug-likeness (QED) is 0.585. The Labute approximate surface area is 143 Å². The number of carbonyl (C=O) groups is 2. The molecule has 0 N–H and O–H groups in total. The highest BCUT2D eigenvalue weighted by atomic mass is 35.5. The normalized spacial score (nSPS) is 10.6. The minimum Gasteiger partial charge on any atom is -0.465 e. The lowest BCUT2D eigenvalue weighted by Crippen LogP contribution is -2.26. The van der Waals surface area contributed by atoms with E-state index in [-0.39, 0.29) is 13.2 Å². The van der Waals surface area contributed by atoms with E-state index in [4.69, 9.17) is 21.1 Å². The molecule has 1 heterocycles. The second kappa shape index (κ2) is 8.08. The molecule has 0 atom stereocenters. The van der Waals surface area contributed by atoms with Gasteiger partial charge in [0.15, 0.2) is 0 Å². The molecule has 1 aromatic carbocycles. The first kappa shape index (κ1) is 17.4. The first-order chi connectivity index (χ1) is 11.1. The predicted molar refractivity (Wildman–Crippen MR) is 88.6 cm³/mol. The van der Waals surface area contributed by atoms with Crippen LogP contribution in [0, 0.1) is 0 Å². The van der Waals surface area contributed by atoms with Crippen LogP contribution in [0.25, 0.3) is 11.3 Å². The summed E-state index contributed by atoms with van der Waals surface area (Å²) >= 11 is 7.09. The number of hydrogen-bond donors (Lipinski definition) is 0. The molecule has 0 aliphatic heterocycles. The monoisotopic (exact) mass is 353 g/mol. The number of halogens is 1. The van der Waals surface area contributed by atoms with Gasteiger partial charge in [0.1, 0.15) is 5.01 Å². The number of nitrogens with zero attached hydrogens (tertiary/aromatic N) is 1. The number of aromatic nitrogens is 1. The van der Waals surface area contributed by atoms with Gasteiger partial charge in [-0.1, -0.05) is 23.7 Å². The third kappa shape index (κ3) is 4.30. The van der Waals surface area contributed by atoms with Crippen LogP contribution in [-0.4, -0.2) is 30.1 Å². The zero-order valence-corrected chi connectivity index (χ0v) is 14.3. The van der Waals surface area contributed by atoms with Crippen molar-refractivity contribution in [3.8, 4) is 11.3 Å². The Morgan fingerprint density at radius 1 is 1.13 bits per heavy atom. The Morgan fingerprint density at radius 3 is 2.22 bits per heavy atom. The van der Waals surface area contributed by atoms with E-state index in [1.165, 1.54) is 11.3 Å². The van der Waals surface area contributed by atoms with Crippen molar-refractivity contribution < 1.29 is 19.1 Å². The van der Waals surface area contributed by atoms with Gasteiger partial charge < -0.3 is 9.47 Å². The molecule has 2 rings (SSSR count). The molecule has 1 aromatic heterocycles. The van der Waals surface area contributed by atoms with E-state index in [9.17, 15) is 9.59 Å². The highest BCUT2D eigenvalue weighted by Crippen LogP contribution is 2.29. The van der Waals surface area contributed by atoms with Gasteiger partial charge in [-0.25, -0.2) is 4.98 Å². The molecular weight excluding hydrogens is 338 g/mol. The lowest BCUT2D eigenvalue weighted by Gasteiger charge is -2.11. The molecule has 7 heteroatoms. The van der Waals surface area contributed by atoms with E-state index in [1.807, 2.05) is 12.1 Å². The largest absolute Gasteiger partial charge is 0.465 e. The zero-order valence-electron chi connectivity index (χ0n) is 12.7. The minimum absolute atomic E-state index is 0.185. The second-order valence-corrected chi connectivity index (χ2v) is 5.84. The molecule has 0 saturated heterocycles. The number of benzene rings is 1. The Kier molecular flexibility index (Phi) is 6.12. The topological polar surface area (TPSA) is 65.5 Å². The second-order valence-electron chi connectivity index (χ2n) is 4.51. The summed E-state index contributed by atoms with van der Waals surface area (Å²) in [6, 6.07) is 7.16. The van der Waals surface area contributed by atoms with E-state index in [1.54, 1.807) is 31.4 Å². The van der Waals surface area contributed by atoms with Crippen LogP contribution in [0.1, 0.15) is 24.8 Å². The van der Waals surface area contributed by atoms with E-state index in [0.29, 0.717) is 15.7 Å². The SMILES string of the molecule is CCOC(=O)C(C(=O)OCC)c1nc(-c2ccc(Cl)cc2)cs1. The molecule has 5 nitrogen and oxygen atoms in total. The van der Waals surface area contributed by atoms with Gasteiger partial charge in [-0.05, 0) is 26.0 Å². The summed E-state index contributed by atoms with van der Waals surface area (Å²) in [5, 5.41) is 2.76. The van der Waals surface area contributed by atoms with Gasteiger partial charge in [-0.15, -0.1) is 11.3 Å². The van der Waals surface area contributed by atoms with Crippen molar-refractivity contribution in [1.29, 1.82) is 0 Å². The molecule has 0 aliphatic carbocycles. The first-order valence-corrected chi connectivity index (χ1v) is 8.37. The average molecular weight is 354 g/mol. The Morgan fingerprint density at radius 2 is 1.70 bits per heavy atom. The van der Waals surface area contributed by atoms with Crippen molar-refractivity contribution in [2.45, 2.75) is 19.8 Å². The highest BCUT2D eigenvalue weighted by molar-refractivity contribution is 7.10. The third-order valence-corrected chi connectivity index (χ3v) is 4.12. The number of rotatable bonds is 6. The molecule has 0 spiro atoms. The maximum Gasteiger partial charge on any atom is 0.327 e. The zero-order chi connectivity index (χ0) is 16.8. The number of hydrogen-bond acceptors (Lipinski definition) is 6. The van der Waals surface area contributed by atoms with E-state index < -0.39 is 17.9 Å². The lowest BCUT2D eigenvalue weighted by atomic mass is 10.1. The molecular formula is C16H16ClNO4S. The minimum atomic E-state index is -1.15. The van der Waals surface area contributed by atoms with Gasteiger partial charge in [0.2, 0.25) is 5.92 Å². The number of esters is 2. The molecule has 0 amide bonds. The summed E-state index contributed by atoms with van der Waals surface area (Å²) in [4.78, 5) is 28.5. The standard InChI is InChI=1S/C16H16ClNO4S/c1-3-21-15(19)13(16(20)22-4-2)14-18-12(9-23-14)10-5-7-11(17)8-6-10/h5-9,13H,3-4H2,1-2H3. The van der Waals surface area contributed by atoms with Gasteiger partial charge in [0, 0.05) is 16.0 Å². The maximum absolute atomic E-state index is 12.1. The van der Waals surface area contributed by atoms with Gasteiger partial charge in [0.05, 0.1) is 18.9 Å². The number of ether oxygens (including phenoxy) is 2. The Bertz CT molecular complexity index is 666. The summed E-state index contributed by atoms with van der Waals surface area (Å²) < 4.78 is 9.93. The molecule has 0 bridgehead atoms. The summed E-state index contributed by atoms with van der Waals surface area (Å²) in [6.07, 6.45) is 0. The molecule has 122 valence electrons. The van der Waals surface area contributed by atoms with Crippen molar-refractivity contribution >= 4 is 34.9 Å². The molecule has 0 radical (unpaired) electrons. The van der Waals surface area contributed by atoms with Crippen molar-refractivity contribution in [3.05, 3.63) is 39.7 Å². The molecule has 0 unspecified atom stereocenters. The van der Waals surface area contributed by atoms with Crippen LogP contribution < -0.4 is 0 Å². The third-order valence-electron chi connectivity index (χ3n) is 2.95. The van der Waals surface area contributed by atoms with Crippen molar-refractivity contribution in [3.63, 3.8) is 0 Å². The van der Waals surface area contributed by atoms with Gasteiger partial charge in [-0.2, -0.15) is 0 Å². The Balaban J connectivity index is 2.30. The fourth-order valence-electron chi connectivity index (χ4n) is 1.92. The van der Waals surface area contributed by atoms with Gasteiger partial charge in [0.25, 0.3) is 0 Å². The maximum atomic E-state index is 12.1. The smallest absolute Gasteiger partial charge is 0.327 e. The van der Waals surface area contributed by atoms with Crippen LogP contribution in [0.4, 0.5) is 0 Å². The van der Waals surface area contributed by atoms with Crippen LogP contribution in [-0.2, 0) is 19.1 Å². The summed E-state index contributed by atoms with van der Waals surface area (Å²) in [6.45, 7) is 3.73. The van der Waals surface area contributed by atoms with E-state index >= 15 is 0 Å².